The highest BCUT2D eigenvalue weighted by atomic mass is 16.2. The molecule has 1 atom stereocenters. The molecule has 2 heteroatoms. The number of hydrogen-bond acceptors (Lipinski definition) is 1. The van der Waals surface area contributed by atoms with Crippen molar-refractivity contribution in [3.8, 4) is 0 Å². The monoisotopic (exact) mass is 229 g/mol. The summed E-state index contributed by atoms with van der Waals surface area (Å²) < 4.78 is 0. The lowest BCUT2D eigenvalue weighted by molar-refractivity contribution is -0.131. The summed E-state index contributed by atoms with van der Waals surface area (Å²) in [5.74, 6) is 1.58. The van der Waals surface area contributed by atoms with Gasteiger partial charge in [-0.15, -0.1) is 0 Å². The summed E-state index contributed by atoms with van der Waals surface area (Å²) in [7, 11) is 0. The largest absolute Gasteiger partial charge is 0.338 e. The molecule has 1 unspecified atom stereocenters. The average molecular weight is 229 g/mol. The Bertz CT molecular complexity index is 397. The highest BCUT2D eigenvalue weighted by Crippen LogP contribution is 2.38. The molecule has 2 nitrogen and oxygen atoms in total. The van der Waals surface area contributed by atoms with E-state index in [-0.39, 0.29) is 0 Å². The third-order valence-corrected chi connectivity index (χ3v) is 3.94. The summed E-state index contributed by atoms with van der Waals surface area (Å²) in [6.07, 6.45) is 4.91. The van der Waals surface area contributed by atoms with E-state index in [1.807, 2.05) is 23.1 Å². The van der Waals surface area contributed by atoms with Crippen molar-refractivity contribution in [1.82, 2.24) is 4.90 Å². The summed E-state index contributed by atoms with van der Waals surface area (Å²) in [6.45, 7) is 1.74. The number of hydrogen-bond donors (Lipinski definition) is 0. The van der Waals surface area contributed by atoms with Gasteiger partial charge in [0.2, 0.25) is 5.91 Å². The van der Waals surface area contributed by atoms with Crippen LogP contribution in [0.5, 0.6) is 0 Å². The lowest BCUT2D eigenvalue weighted by Gasteiger charge is -2.16. The Morgan fingerprint density at radius 1 is 1.12 bits per heavy atom. The van der Waals surface area contributed by atoms with Crippen molar-refractivity contribution in [2.75, 3.05) is 6.54 Å². The van der Waals surface area contributed by atoms with Gasteiger partial charge in [-0.1, -0.05) is 43.2 Å². The van der Waals surface area contributed by atoms with Gasteiger partial charge in [0, 0.05) is 19.0 Å². The first-order valence-electron chi connectivity index (χ1n) is 6.65. The third-order valence-electron chi connectivity index (χ3n) is 3.94. The van der Waals surface area contributed by atoms with E-state index >= 15 is 0 Å². The fraction of sp³-hybridized carbons (Fsp3) is 0.533. The van der Waals surface area contributed by atoms with E-state index in [0.29, 0.717) is 11.8 Å². The number of benzene rings is 1. The Balaban J connectivity index is 1.59. The van der Waals surface area contributed by atoms with Gasteiger partial charge in [0.25, 0.3) is 0 Å². The fourth-order valence-corrected chi connectivity index (χ4v) is 2.74. The van der Waals surface area contributed by atoms with Gasteiger partial charge in [-0.05, 0) is 24.3 Å². The van der Waals surface area contributed by atoms with Crippen molar-refractivity contribution in [1.29, 1.82) is 0 Å². The molecule has 0 spiro atoms. The van der Waals surface area contributed by atoms with E-state index in [1.165, 1.54) is 18.4 Å². The molecular weight excluding hydrogens is 210 g/mol. The Labute approximate surface area is 103 Å². The lowest BCUT2D eigenvalue weighted by atomic mass is 10.0. The van der Waals surface area contributed by atoms with Gasteiger partial charge in [0.05, 0.1) is 0 Å². The minimum atomic E-state index is 0.325. The van der Waals surface area contributed by atoms with Gasteiger partial charge >= 0.3 is 0 Å². The van der Waals surface area contributed by atoms with Crippen LogP contribution in [0.25, 0.3) is 0 Å². The summed E-state index contributed by atoms with van der Waals surface area (Å²) in [5.41, 5.74) is 1.24. The number of carbonyl (C=O) groups is 1. The standard InChI is InChI=1S/C15H19NO/c17-15-14(10-12-6-7-12)8-9-16(15)11-13-4-2-1-3-5-13/h1-5,12,14H,6-11H2. The third kappa shape index (κ3) is 2.51. The molecule has 1 heterocycles. The fourth-order valence-electron chi connectivity index (χ4n) is 2.74. The molecule has 0 radical (unpaired) electrons. The first-order chi connectivity index (χ1) is 8.33. The number of rotatable bonds is 4. The second-order valence-corrected chi connectivity index (χ2v) is 5.41. The molecule has 0 N–H and O–H groups in total. The smallest absolute Gasteiger partial charge is 0.226 e. The van der Waals surface area contributed by atoms with Crippen LogP contribution in [0, 0.1) is 11.8 Å². The first-order valence-corrected chi connectivity index (χ1v) is 6.65. The van der Waals surface area contributed by atoms with Crippen LogP contribution in [0.2, 0.25) is 0 Å². The zero-order valence-electron chi connectivity index (χ0n) is 10.1. The van der Waals surface area contributed by atoms with E-state index in [0.717, 1.165) is 31.8 Å². The second kappa shape index (κ2) is 4.52. The van der Waals surface area contributed by atoms with Gasteiger partial charge in [-0.25, -0.2) is 0 Å². The van der Waals surface area contributed by atoms with Crippen LogP contribution in [-0.4, -0.2) is 17.4 Å². The predicted molar refractivity (Wildman–Crippen MR) is 67.3 cm³/mol. The zero-order valence-corrected chi connectivity index (χ0v) is 10.1. The van der Waals surface area contributed by atoms with Crippen molar-refractivity contribution >= 4 is 5.91 Å². The lowest BCUT2D eigenvalue weighted by Crippen LogP contribution is -2.27. The van der Waals surface area contributed by atoms with Gasteiger partial charge in [0.1, 0.15) is 0 Å². The van der Waals surface area contributed by atoms with E-state index in [9.17, 15) is 4.79 Å². The van der Waals surface area contributed by atoms with Gasteiger partial charge in [-0.2, -0.15) is 0 Å². The molecule has 90 valence electrons. The number of carbonyl (C=O) groups excluding carboxylic acids is 1. The maximum atomic E-state index is 12.2. The van der Waals surface area contributed by atoms with Crippen LogP contribution in [-0.2, 0) is 11.3 Å². The Morgan fingerprint density at radius 2 is 1.88 bits per heavy atom. The molecule has 1 saturated carbocycles. The van der Waals surface area contributed by atoms with E-state index in [1.54, 1.807) is 0 Å². The Hall–Kier alpha value is -1.31. The average Bonchev–Trinajstić information content (AvgIpc) is 3.11. The first kappa shape index (κ1) is 10.8. The van der Waals surface area contributed by atoms with E-state index in [2.05, 4.69) is 12.1 Å². The van der Waals surface area contributed by atoms with Crippen molar-refractivity contribution in [3.63, 3.8) is 0 Å². The molecule has 17 heavy (non-hydrogen) atoms. The number of nitrogens with zero attached hydrogens (tertiary/aromatic N) is 1. The van der Waals surface area contributed by atoms with E-state index < -0.39 is 0 Å². The number of likely N-dealkylation sites (tertiary alicyclic amines) is 1. The Kier molecular flexibility index (Phi) is 2.87. The minimum absolute atomic E-state index is 0.325. The molecule has 2 fully saturated rings. The summed E-state index contributed by atoms with van der Waals surface area (Å²) in [5, 5.41) is 0. The second-order valence-electron chi connectivity index (χ2n) is 5.41. The molecule has 0 aromatic heterocycles. The summed E-state index contributed by atoms with van der Waals surface area (Å²) >= 11 is 0. The normalized spacial score (nSPS) is 24.4. The van der Waals surface area contributed by atoms with Crippen LogP contribution in [0.3, 0.4) is 0 Å². The molecule has 0 bridgehead atoms. The van der Waals surface area contributed by atoms with Crippen molar-refractivity contribution in [2.24, 2.45) is 11.8 Å². The quantitative estimate of drug-likeness (QED) is 0.777. The van der Waals surface area contributed by atoms with E-state index in [4.69, 9.17) is 0 Å². The Morgan fingerprint density at radius 3 is 2.59 bits per heavy atom. The molecule has 1 aliphatic carbocycles. The molecule has 1 saturated heterocycles. The summed E-state index contributed by atoms with van der Waals surface area (Å²) in [6, 6.07) is 10.3. The molecule has 1 aliphatic heterocycles. The SMILES string of the molecule is O=C1C(CC2CC2)CCN1Cc1ccccc1. The van der Waals surface area contributed by atoms with Crippen LogP contribution >= 0.6 is 0 Å². The van der Waals surface area contributed by atoms with Gasteiger partial charge in [0.15, 0.2) is 0 Å². The van der Waals surface area contributed by atoms with Crippen molar-refractivity contribution in [2.45, 2.75) is 32.2 Å². The zero-order chi connectivity index (χ0) is 11.7. The van der Waals surface area contributed by atoms with Gasteiger partial charge < -0.3 is 4.90 Å². The highest BCUT2D eigenvalue weighted by Gasteiger charge is 2.35. The van der Waals surface area contributed by atoms with Crippen LogP contribution < -0.4 is 0 Å². The van der Waals surface area contributed by atoms with Crippen molar-refractivity contribution in [3.05, 3.63) is 35.9 Å². The molecule has 1 aromatic carbocycles. The molecule has 2 aliphatic rings. The summed E-state index contributed by atoms with van der Waals surface area (Å²) in [4.78, 5) is 14.2. The minimum Gasteiger partial charge on any atom is -0.338 e. The predicted octanol–water partition coefficient (Wildman–Crippen LogP) is 2.84. The highest BCUT2D eigenvalue weighted by molar-refractivity contribution is 5.80. The van der Waals surface area contributed by atoms with Crippen LogP contribution in [0.1, 0.15) is 31.2 Å². The molecule has 1 aromatic rings. The maximum absolute atomic E-state index is 12.2. The molecule has 1 amide bonds. The molecule has 3 rings (SSSR count). The number of amides is 1. The maximum Gasteiger partial charge on any atom is 0.226 e. The molecular formula is C15H19NO. The van der Waals surface area contributed by atoms with Crippen LogP contribution in [0.4, 0.5) is 0 Å². The topological polar surface area (TPSA) is 20.3 Å². The van der Waals surface area contributed by atoms with Crippen molar-refractivity contribution < 1.29 is 4.79 Å². The van der Waals surface area contributed by atoms with Crippen LogP contribution in [0.15, 0.2) is 30.3 Å². The van der Waals surface area contributed by atoms with Gasteiger partial charge in [-0.3, -0.25) is 4.79 Å².